The highest BCUT2D eigenvalue weighted by Crippen LogP contribution is 2.33. The molecule has 8 nitrogen and oxygen atoms in total. The second kappa shape index (κ2) is 9.09. The number of thioether (sulfide) groups is 1. The molecule has 154 valence electrons. The van der Waals surface area contributed by atoms with Gasteiger partial charge in [-0.15, -0.1) is 10.2 Å². The van der Waals surface area contributed by atoms with Gasteiger partial charge in [0.1, 0.15) is 0 Å². The Morgan fingerprint density at radius 2 is 1.87 bits per heavy atom. The fourth-order valence-electron chi connectivity index (χ4n) is 2.42. The summed E-state index contributed by atoms with van der Waals surface area (Å²) in [5.74, 6) is 0.646. The second-order valence-electron chi connectivity index (χ2n) is 5.86. The van der Waals surface area contributed by atoms with Gasteiger partial charge >= 0.3 is 0 Å². The van der Waals surface area contributed by atoms with Gasteiger partial charge in [-0.3, -0.25) is 14.9 Å². The molecule has 1 aromatic heterocycles. The highest BCUT2D eigenvalue weighted by atomic mass is 35.5. The number of nitrogens with one attached hydrogen (secondary N) is 2. The van der Waals surface area contributed by atoms with E-state index in [4.69, 9.17) is 32.7 Å². The van der Waals surface area contributed by atoms with Crippen LogP contribution in [-0.2, 0) is 4.79 Å². The molecule has 0 atom stereocenters. The van der Waals surface area contributed by atoms with E-state index in [1.54, 1.807) is 36.4 Å². The van der Waals surface area contributed by atoms with Crippen LogP contribution < -0.4 is 20.1 Å². The number of rotatable bonds is 6. The molecule has 0 spiro atoms. The average molecular weight is 483 g/mol. The first kappa shape index (κ1) is 20.7. The van der Waals surface area contributed by atoms with Crippen molar-refractivity contribution in [1.82, 2.24) is 10.2 Å². The van der Waals surface area contributed by atoms with Crippen molar-refractivity contribution in [3.05, 3.63) is 52.0 Å². The molecule has 0 aliphatic carbocycles. The molecule has 1 aliphatic heterocycles. The van der Waals surface area contributed by atoms with Crippen molar-refractivity contribution in [3.8, 4) is 11.5 Å². The summed E-state index contributed by atoms with van der Waals surface area (Å²) in [5.41, 5.74) is 0.952. The van der Waals surface area contributed by atoms with E-state index in [2.05, 4.69) is 20.8 Å². The molecule has 0 unspecified atom stereocenters. The quantitative estimate of drug-likeness (QED) is 0.392. The summed E-state index contributed by atoms with van der Waals surface area (Å²) in [7, 11) is 0. The first-order valence-electron chi connectivity index (χ1n) is 8.40. The number of hydrogen-bond donors (Lipinski definition) is 2. The van der Waals surface area contributed by atoms with Crippen molar-refractivity contribution in [2.75, 3.05) is 23.2 Å². The Kier molecular flexibility index (Phi) is 6.28. The minimum absolute atomic E-state index is 0.116. The number of carbonyl (C=O) groups excluding carboxylic acids is 2. The maximum absolute atomic E-state index is 12.4. The monoisotopic (exact) mass is 482 g/mol. The normalized spacial score (nSPS) is 11.9. The molecule has 0 saturated heterocycles. The topological polar surface area (TPSA) is 102 Å². The van der Waals surface area contributed by atoms with Crippen LogP contribution in [0.4, 0.5) is 10.8 Å². The fraction of sp³-hybridized carbons (Fsp3) is 0.111. The Hall–Kier alpha value is -2.53. The van der Waals surface area contributed by atoms with Gasteiger partial charge in [-0.2, -0.15) is 0 Å². The third-order valence-electron chi connectivity index (χ3n) is 3.79. The van der Waals surface area contributed by atoms with Gasteiger partial charge in [-0.25, -0.2) is 0 Å². The van der Waals surface area contributed by atoms with Gasteiger partial charge in [0.15, 0.2) is 15.8 Å². The van der Waals surface area contributed by atoms with Crippen molar-refractivity contribution < 1.29 is 19.1 Å². The molecule has 3 aromatic rings. The molecular formula is C18H12Cl2N4O4S2. The van der Waals surface area contributed by atoms with E-state index in [9.17, 15) is 9.59 Å². The van der Waals surface area contributed by atoms with Gasteiger partial charge in [0.25, 0.3) is 5.91 Å². The van der Waals surface area contributed by atoms with Crippen LogP contribution in [0.15, 0.2) is 40.7 Å². The number of carbonyl (C=O) groups is 2. The van der Waals surface area contributed by atoms with Gasteiger partial charge in [-0.1, -0.05) is 46.3 Å². The van der Waals surface area contributed by atoms with E-state index < -0.39 is 0 Å². The molecule has 30 heavy (non-hydrogen) atoms. The number of halogens is 2. The number of aromatic nitrogens is 2. The lowest BCUT2D eigenvalue weighted by molar-refractivity contribution is -0.113. The second-order valence-corrected chi connectivity index (χ2v) is 8.88. The van der Waals surface area contributed by atoms with Crippen LogP contribution in [0.3, 0.4) is 0 Å². The van der Waals surface area contributed by atoms with Crippen LogP contribution >= 0.6 is 46.3 Å². The summed E-state index contributed by atoms with van der Waals surface area (Å²) in [6.07, 6.45) is 0. The molecular weight excluding hydrogens is 471 g/mol. The van der Waals surface area contributed by atoms with Crippen LogP contribution in [0.1, 0.15) is 10.4 Å². The Morgan fingerprint density at radius 1 is 1.03 bits per heavy atom. The standard InChI is InChI=1S/C18H12Cl2N4O4S2/c19-11-3-2-10(6-12(11)20)21-15(25)7-29-18-24-23-17(30-18)22-16(26)9-1-4-13-14(5-9)28-8-27-13/h1-6H,7-8H2,(H,21,25)(H,22,23,26). The predicted molar refractivity (Wildman–Crippen MR) is 116 cm³/mol. The average Bonchev–Trinajstić information content (AvgIpc) is 3.37. The smallest absolute Gasteiger partial charge is 0.257 e. The van der Waals surface area contributed by atoms with E-state index in [-0.39, 0.29) is 24.4 Å². The van der Waals surface area contributed by atoms with Crippen LogP contribution in [-0.4, -0.2) is 34.6 Å². The molecule has 12 heteroatoms. The molecule has 0 saturated carbocycles. The van der Waals surface area contributed by atoms with Crippen molar-refractivity contribution in [2.45, 2.75) is 4.34 Å². The molecule has 0 radical (unpaired) electrons. The summed E-state index contributed by atoms with van der Waals surface area (Å²) < 4.78 is 11.0. The summed E-state index contributed by atoms with van der Waals surface area (Å²) >= 11 is 14.2. The Balaban J connectivity index is 1.30. The van der Waals surface area contributed by atoms with Crippen molar-refractivity contribution in [2.24, 2.45) is 0 Å². The molecule has 2 N–H and O–H groups in total. The maximum atomic E-state index is 12.4. The number of nitrogens with zero attached hydrogens (tertiary/aromatic N) is 2. The highest BCUT2D eigenvalue weighted by Gasteiger charge is 2.17. The lowest BCUT2D eigenvalue weighted by Crippen LogP contribution is -2.13. The van der Waals surface area contributed by atoms with Crippen molar-refractivity contribution in [3.63, 3.8) is 0 Å². The third-order valence-corrected chi connectivity index (χ3v) is 6.50. The first-order chi connectivity index (χ1) is 14.5. The zero-order valence-corrected chi connectivity index (χ0v) is 18.1. The van der Waals surface area contributed by atoms with E-state index in [1.807, 2.05) is 0 Å². The summed E-state index contributed by atoms with van der Waals surface area (Å²) in [6.45, 7) is 0.135. The Morgan fingerprint density at radius 3 is 2.70 bits per heavy atom. The number of benzene rings is 2. The Bertz CT molecular complexity index is 1130. The number of hydrogen-bond acceptors (Lipinski definition) is 8. The van der Waals surface area contributed by atoms with Gasteiger partial charge in [-0.05, 0) is 36.4 Å². The number of fused-ring (bicyclic) bond motifs is 1. The van der Waals surface area contributed by atoms with Crippen LogP contribution in [0, 0.1) is 0 Å². The zero-order valence-electron chi connectivity index (χ0n) is 15.0. The predicted octanol–water partition coefficient (Wildman–Crippen LogP) is 4.56. The van der Waals surface area contributed by atoms with Gasteiger partial charge in [0.2, 0.25) is 17.8 Å². The number of amides is 2. The minimum atomic E-state index is -0.349. The summed E-state index contributed by atoms with van der Waals surface area (Å²) in [4.78, 5) is 24.5. The van der Waals surface area contributed by atoms with Gasteiger partial charge in [0.05, 0.1) is 15.8 Å². The van der Waals surface area contributed by atoms with Gasteiger partial charge in [0, 0.05) is 11.3 Å². The van der Waals surface area contributed by atoms with Crippen molar-refractivity contribution in [1.29, 1.82) is 0 Å². The summed E-state index contributed by atoms with van der Waals surface area (Å²) in [6, 6.07) is 9.74. The molecule has 2 amide bonds. The van der Waals surface area contributed by atoms with Crippen LogP contribution in [0.5, 0.6) is 11.5 Å². The lowest BCUT2D eigenvalue weighted by Gasteiger charge is -2.05. The molecule has 0 bridgehead atoms. The third kappa shape index (κ3) is 4.96. The number of ether oxygens (including phenoxy) is 2. The lowest BCUT2D eigenvalue weighted by atomic mass is 10.2. The first-order valence-corrected chi connectivity index (χ1v) is 11.0. The molecule has 0 fully saturated rings. The van der Waals surface area contributed by atoms with E-state index in [1.165, 1.54) is 23.1 Å². The number of anilines is 2. The molecule has 1 aliphatic rings. The molecule has 4 rings (SSSR count). The van der Waals surface area contributed by atoms with E-state index in [0.717, 1.165) is 0 Å². The van der Waals surface area contributed by atoms with Crippen LogP contribution in [0.25, 0.3) is 0 Å². The van der Waals surface area contributed by atoms with E-state index in [0.29, 0.717) is 42.3 Å². The minimum Gasteiger partial charge on any atom is -0.454 e. The van der Waals surface area contributed by atoms with Crippen molar-refractivity contribution >= 4 is 68.9 Å². The highest BCUT2D eigenvalue weighted by molar-refractivity contribution is 8.01. The molecule has 2 heterocycles. The Labute approximate surface area is 188 Å². The fourth-order valence-corrected chi connectivity index (χ4v) is 4.27. The maximum Gasteiger partial charge on any atom is 0.257 e. The van der Waals surface area contributed by atoms with Crippen LogP contribution in [0.2, 0.25) is 10.0 Å². The summed E-state index contributed by atoms with van der Waals surface area (Å²) in [5, 5.41) is 14.4. The largest absolute Gasteiger partial charge is 0.454 e. The van der Waals surface area contributed by atoms with E-state index >= 15 is 0 Å². The van der Waals surface area contributed by atoms with Gasteiger partial charge < -0.3 is 14.8 Å². The zero-order chi connectivity index (χ0) is 21.1. The molecule has 2 aromatic carbocycles. The SMILES string of the molecule is O=C(CSc1nnc(NC(=O)c2ccc3c(c2)OCO3)s1)Nc1ccc(Cl)c(Cl)c1.